The van der Waals surface area contributed by atoms with Crippen molar-refractivity contribution in [3.63, 3.8) is 0 Å². The highest BCUT2D eigenvalue weighted by molar-refractivity contribution is 5.42. The summed E-state index contributed by atoms with van der Waals surface area (Å²) in [5, 5.41) is 3.28. The quantitative estimate of drug-likeness (QED) is 0.844. The summed E-state index contributed by atoms with van der Waals surface area (Å²) in [6, 6.07) is 0. The van der Waals surface area contributed by atoms with Crippen molar-refractivity contribution in [2.75, 3.05) is 49.7 Å². The van der Waals surface area contributed by atoms with E-state index in [1.807, 2.05) is 0 Å². The second-order valence-corrected chi connectivity index (χ2v) is 6.43. The lowest BCUT2D eigenvalue weighted by molar-refractivity contribution is 0.209. The van der Waals surface area contributed by atoms with E-state index in [0.29, 0.717) is 11.9 Å². The Kier molecular flexibility index (Phi) is 4.82. The first-order chi connectivity index (χ1) is 9.88. The van der Waals surface area contributed by atoms with Gasteiger partial charge in [-0.15, -0.1) is 0 Å². The van der Waals surface area contributed by atoms with Crippen molar-refractivity contribution < 1.29 is 0 Å². The largest absolute Gasteiger partial charge is 0.368 e. The number of rotatable bonds is 5. The summed E-state index contributed by atoms with van der Waals surface area (Å²) in [6.45, 7) is 7.05. The van der Waals surface area contributed by atoms with Crippen LogP contribution in [0.3, 0.4) is 0 Å². The maximum atomic E-state index is 5.83. The number of anilines is 3. The van der Waals surface area contributed by atoms with Crippen LogP contribution in [0, 0.1) is 0 Å². The summed E-state index contributed by atoms with van der Waals surface area (Å²) in [4.78, 5) is 17.3. The van der Waals surface area contributed by atoms with Gasteiger partial charge in [0.2, 0.25) is 17.8 Å². The van der Waals surface area contributed by atoms with Crippen molar-refractivity contribution >= 4 is 17.8 Å². The summed E-state index contributed by atoms with van der Waals surface area (Å²) in [7, 11) is 4.12. The van der Waals surface area contributed by atoms with Gasteiger partial charge in [0.25, 0.3) is 0 Å². The molecule has 0 saturated carbocycles. The maximum Gasteiger partial charge on any atom is 0.231 e. The number of likely N-dealkylation sites (N-methyl/N-ethyl adjacent to an activating group) is 1. The van der Waals surface area contributed by atoms with Gasteiger partial charge in [-0.05, 0) is 47.2 Å². The van der Waals surface area contributed by atoms with E-state index < -0.39 is 0 Å². The smallest absolute Gasteiger partial charge is 0.231 e. The van der Waals surface area contributed by atoms with Crippen LogP contribution in [0.1, 0.15) is 33.1 Å². The van der Waals surface area contributed by atoms with E-state index in [2.05, 4.69) is 58.0 Å². The topological polar surface area (TPSA) is 83.2 Å². The van der Waals surface area contributed by atoms with Crippen LogP contribution in [0.4, 0.5) is 17.8 Å². The van der Waals surface area contributed by atoms with E-state index >= 15 is 0 Å². The number of aromatic nitrogens is 3. The number of nitrogens with zero attached hydrogens (tertiary/aromatic N) is 5. The molecule has 1 saturated heterocycles. The number of hydrogen-bond donors (Lipinski definition) is 2. The zero-order valence-corrected chi connectivity index (χ0v) is 13.6. The van der Waals surface area contributed by atoms with Crippen molar-refractivity contribution in [3.05, 3.63) is 0 Å². The highest BCUT2D eigenvalue weighted by Gasteiger charge is 2.21. The molecule has 0 bridgehead atoms. The predicted octanol–water partition coefficient (Wildman–Crippen LogP) is 1.20. The molecule has 1 aliphatic rings. The predicted molar refractivity (Wildman–Crippen MR) is 86.6 cm³/mol. The van der Waals surface area contributed by atoms with Crippen molar-refractivity contribution in [3.8, 4) is 0 Å². The molecule has 0 unspecified atom stereocenters. The fraction of sp³-hybridized carbons (Fsp3) is 0.786. The molecule has 0 radical (unpaired) electrons. The molecule has 1 aliphatic heterocycles. The average Bonchev–Trinajstić information content (AvgIpc) is 2.45. The molecule has 1 aromatic rings. The van der Waals surface area contributed by atoms with Crippen molar-refractivity contribution in [2.45, 2.75) is 38.6 Å². The zero-order chi connectivity index (χ0) is 15.5. The number of nitrogens with one attached hydrogen (secondary N) is 1. The minimum Gasteiger partial charge on any atom is -0.368 e. The van der Waals surface area contributed by atoms with E-state index in [1.54, 1.807) is 0 Å². The monoisotopic (exact) mass is 293 g/mol. The van der Waals surface area contributed by atoms with Crippen molar-refractivity contribution in [1.29, 1.82) is 0 Å². The summed E-state index contributed by atoms with van der Waals surface area (Å²) in [6.07, 6.45) is 3.64. The third-order valence-corrected chi connectivity index (χ3v) is 4.17. The highest BCUT2D eigenvalue weighted by atomic mass is 15.3. The van der Waals surface area contributed by atoms with Gasteiger partial charge in [-0.3, -0.25) is 0 Å². The van der Waals surface area contributed by atoms with E-state index in [9.17, 15) is 0 Å². The van der Waals surface area contributed by atoms with Crippen molar-refractivity contribution in [1.82, 2.24) is 19.9 Å². The molecule has 0 aliphatic carbocycles. The van der Waals surface area contributed by atoms with Crippen LogP contribution >= 0.6 is 0 Å². The summed E-state index contributed by atoms with van der Waals surface area (Å²) in [5.41, 5.74) is 5.83. The Labute approximate surface area is 127 Å². The molecule has 2 heterocycles. The molecule has 3 N–H and O–H groups in total. The minimum atomic E-state index is 0.00663. The number of nitrogen functional groups attached to an aromatic ring is 1. The molecule has 0 spiro atoms. The average molecular weight is 293 g/mol. The van der Waals surface area contributed by atoms with Gasteiger partial charge in [0.05, 0.1) is 0 Å². The maximum absolute atomic E-state index is 5.83. The van der Waals surface area contributed by atoms with Crippen LogP contribution in [0.2, 0.25) is 0 Å². The lowest BCUT2D eigenvalue weighted by Crippen LogP contribution is -2.44. The van der Waals surface area contributed by atoms with Gasteiger partial charge >= 0.3 is 0 Å². The van der Waals surface area contributed by atoms with Gasteiger partial charge in [0.1, 0.15) is 0 Å². The van der Waals surface area contributed by atoms with Gasteiger partial charge in [0.15, 0.2) is 0 Å². The fourth-order valence-corrected chi connectivity index (χ4v) is 2.15. The van der Waals surface area contributed by atoms with E-state index in [0.717, 1.165) is 19.6 Å². The number of hydrogen-bond acceptors (Lipinski definition) is 7. The normalized spacial score (nSPS) is 16.3. The minimum absolute atomic E-state index is 0.00663. The lowest BCUT2D eigenvalue weighted by Gasteiger charge is -2.32. The second kappa shape index (κ2) is 6.43. The second-order valence-electron chi connectivity index (χ2n) is 6.43. The number of piperidine rings is 1. The first-order valence-electron chi connectivity index (χ1n) is 7.56. The number of nitrogens with two attached hydrogens (primary N) is 1. The summed E-state index contributed by atoms with van der Waals surface area (Å²) >= 11 is 0. The van der Waals surface area contributed by atoms with Gasteiger partial charge in [-0.2, -0.15) is 15.0 Å². The fourth-order valence-electron chi connectivity index (χ4n) is 2.15. The van der Waals surface area contributed by atoms with Gasteiger partial charge in [-0.25, -0.2) is 0 Å². The molecular weight excluding hydrogens is 266 g/mol. The van der Waals surface area contributed by atoms with Gasteiger partial charge in [-0.1, -0.05) is 0 Å². The lowest BCUT2D eigenvalue weighted by atomic mass is 10.1. The molecule has 7 heteroatoms. The van der Waals surface area contributed by atoms with E-state index in [-0.39, 0.29) is 11.5 Å². The molecular formula is C14H27N7. The molecule has 0 atom stereocenters. The Morgan fingerprint density at radius 3 is 2.43 bits per heavy atom. The molecule has 2 rings (SSSR count). The molecule has 7 nitrogen and oxygen atoms in total. The molecule has 21 heavy (non-hydrogen) atoms. The SMILES string of the molecule is CN(C)C(C)(C)CNc1nc(N)nc(N2CCCCC2)n1. The standard InChI is InChI=1S/C14H27N7/c1-14(2,20(3)4)10-16-12-17-11(15)18-13(19-12)21-8-6-5-7-9-21/h5-10H2,1-4H3,(H3,15,16,17,18,19). The first kappa shape index (κ1) is 15.8. The molecule has 118 valence electrons. The zero-order valence-electron chi connectivity index (χ0n) is 13.6. The highest BCUT2D eigenvalue weighted by Crippen LogP contribution is 2.18. The van der Waals surface area contributed by atoms with Crippen LogP contribution < -0.4 is 16.0 Å². The molecule has 1 fully saturated rings. The molecule has 1 aromatic heterocycles. The van der Waals surface area contributed by atoms with Crippen LogP contribution in [-0.2, 0) is 0 Å². The first-order valence-corrected chi connectivity index (χ1v) is 7.56. The van der Waals surface area contributed by atoms with Crippen LogP contribution in [0.25, 0.3) is 0 Å². The third kappa shape index (κ3) is 4.17. The molecule has 0 amide bonds. The molecule has 0 aromatic carbocycles. The Balaban J connectivity index is 2.08. The van der Waals surface area contributed by atoms with E-state index in [1.165, 1.54) is 19.3 Å². The Hall–Kier alpha value is -1.63. The van der Waals surface area contributed by atoms with Gasteiger partial charge in [0, 0.05) is 25.2 Å². The van der Waals surface area contributed by atoms with E-state index in [4.69, 9.17) is 5.73 Å². The third-order valence-electron chi connectivity index (χ3n) is 4.17. The van der Waals surface area contributed by atoms with Crippen LogP contribution in [0.5, 0.6) is 0 Å². The Morgan fingerprint density at radius 2 is 1.81 bits per heavy atom. The summed E-state index contributed by atoms with van der Waals surface area (Å²) < 4.78 is 0. The van der Waals surface area contributed by atoms with Gasteiger partial charge < -0.3 is 20.9 Å². The summed E-state index contributed by atoms with van der Waals surface area (Å²) in [5.74, 6) is 1.51. The Bertz CT molecular complexity index is 466. The van der Waals surface area contributed by atoms with Crippen molar-refractivity contribution in [2.24, 2.45) is 0 Å². The Morgan fingerprint density at radius 1 is 1.14 bits per heavy atom. The van der Waals surface area contributed by atoms with Crippen LogP contribution in [-0.4, -0.2) is 59.1 Å². The van der Waals surface area contributed by atoms with Crippen LogP contribution in [0.15, 0.2) is 0 Å².